The van der Waals surface area contributed by atoms with E-state index in [2.05, 4.69) is 5.10 Å². The molecule has 0 amide bonds. The molecule has 1 rings (SSSR count). The highest BCUT2D eigenvalue weighted by molar-refractivity contribution is 5.67. The Morgan fingerprint density at radius 3 is 2.81 bits per heavy atom. The number of hydrogen-bond donors (Lipinski definition) is 1. The van der Waals surface area contributed by atoms with E-state index in [9.17, 15) is 9.59 Å². The first-order valence-corrected chi connectivity index (χ1v) is 5.34. The molecule has 0 aromatic carbocycles. The number of aromatic nitrogens is 2. The van der Waals surface area contributed by atoms with Crippen LogP contribution in [0.1, 0.15) is 31.0 Å². The number of carbonyl (C=O) groups is 1. The van der Waals surface area contributed by atoms with E-state index in [1.165, 1.54) is 4.68 Å². The lowest BCUT2D eigenvalue weighted by molar-refractivity contribution is -0.136. The molecule has 5 heteroatoms. The van der Waals surface area contributed by atoms with Gasteiger partial charge in [-0.25, -0.2) is 4.68 Å². The molecule has 0 aliphatic rings. The zero-order valence-corrected chi connectivity index (χ0v) is 9.56. The van der Waals surface area contributed by atoms with Gasteiger partial charge in [-0.3, -0.25) is 9.59 Å². The lowest BCUT2D eigenvalue weighted by Crippen LogP contribution is -2.27. The fraction of sp³-hybridized carbons (Fsp3) is 0.545. The Morgan fingerprint density at radius 1 is 1.56 bits per heavy atom. The standard InChI is InChI=1S/C11H16N2O3/c1-3-6-13-11(16)9(4-5-10(14)15)7-8(2)12-13/h7H,3-6H2,1-2H3,(H,14,15). The summed E-state index contributed by atoms with van der Waals surface area (Å²) >= 11 is 0. The Bertz CT molecular complexity index is 437. The van der Waals surface area contributed by atoms with Crippen LogP contribution in [0, 0.1) is 6.92 Å². The van der Waals surface area contributed by atoms with E-state index in [-0.39, 0.29) is 18.4 Å². The van der Waals surface area contributed by atoms with Gasteiger partial charge >= 0.3 is 5.97 Å². The molecule has 0 atom stereocenters. The lowest BCUT2D eigenvalue weighted by atomic mass is 10.1. The Hall–Kier alpha value is -1.65. The molecular weight excluding hydrogens is 208 g/mol. The summed E-state index contributed by atoms with van der Waals surface area (Å²) < 4.78 is 1.41. The molecule has 88 valence electrons. The molecular formula is C11H16N2O3. The molecule has 0 fully saturated rings. The molecule has 5 nitrogen and oxygen atoms in total. The summed E-state index contributed by atoms with van der Waals surface area (Å²) in [5.41, 5.74) is 1.10. The first kappa shape index (κ1) is 12.4. The van der Waals surface area contributed by atoms with E-state index in [1.54, 1.807) is 13.0 Å². The molecule has 16 heavy (non-hydrogen) atoms. The molecule has 0 aliphatic carbocycles. The minimum absolute atomic E-state index is 0.0230. The SMILES string of the molecule is CCCn1nc(C)cc(CCC(=O)O)c1=O. The zero-order chi connectivity index (χ0) is 12.1. The van der Waals surface area contributed by atoms with Crippen molar-refractivity contribution in [1.82, 2.24) is 9.78 Å². The average molecular weight is 224 g/mol. The third-order valence-corrected chi connectivity index (χ3v) is 2.21. The highest BCUT2D eigenvalue weighted by Gasteiger charge is 2.07. The van der Waals surface area contributed by atoms with E-state index in [0.29, 0.717) is 12.1 Å². The minimum atomic E-state index is -0.893. The van der Waals surface area contributed by atoms with Crippen LogP contribution in [0.25, 0.3) is 0 Å². The van der Waals surface area contributed by atoms with Gasteiger partial charge in [0.05, 0.1) is 5.69 Å². The maximum Gasteiger partial charge on any atom is 0.303 e. The van der Waals surface area contributed by atoms with Crippen LogP contribution in [0.2, 0.25) is 0 Å². The van der Waals surface area contributed by atoms with Crippen molar-refractivity contribution >= 4 is 5.97 Å². The van der Waals surface area contributed by atoms with Crippen molar-refractivity contribution in [2.24, 2.45) is 0 Å². The van der Waals surface area contributed by atoms with Crippen LogP contribution in [0.5, 0.6) is 0 Å². The van der Waals surface area contributed by atoms with Gasteiger partial charge in [-0.15, -0.1) is 0 Å². The van der Waals surface area contributed by atoms with Crippen molar-refractivity contribution in [2.45, 2.75) is 39.7 Å². The summed E-state index contributed by atoms with van der Waals surface area (Å²) in [6, 6.07) is 1.66. The van der Waals surface area contributed by atoms with Gasteiger partial charge in [-0.05, 0) is 25.8 Å². The third-order valence-electron chi connectivity index (χ3n) is 2.21. The first-order valence-electron chi connectivity index (χ1n) is 5.34. The lowest BCUT2D eigenvalue weighted by Gasteiger charge is -2.06. The van der Waals surface area contributed by atoms with Crippen LogP contribution in [0.4, 0.5) is 0 Å². The fourth-order valence-corrected chi connectivity index (χ4v) is 1.53. The van der Waals surface area contributed by atoms with E-state index in [1.807, 2.05) is 6.92 Å². The van der Waals surface area contributed by atoms with E-state index >= 15 is 0 Å². The quantitative estimate of drug-likeness (QED) is 0.809. The molecule has 0 spiro atoms. The molecule has 0 bridgehead atoms. The Morgan fingerprint density at radius 2 is 2.25 bits per heavy atom. The van der Waals surface area contributed by atoms with Crippen molar-refractivity contribution in [3.8, 4) is 0 Å². The molecule has 1 heterocycles. The number of aliphatic carboxylic acids is 1. The van der Waals surface area contributed by atoms with Gasteiger partial charge in [0.1, 0.15) is 0 Å². The highest BCUT2D eigenvalue weighted by atomic mass is 16.4. The van der Waals surface area contributed by atoms with Crippen LogP contribution in [-0.2, 0) is 17.8 Å². The highest BCUT2D eigenvalue weighted by Crippen LogP contribution is 2.00. The summed E-state index contributed by atoms with van der Waals surface area (Å²) in [5.74, 6) is -0.893. The smallest absolute Gasteiger partial charge is 0.303 e. The Labute approximate surface area is 93.7 Å². The fourth-order valence-electron chi connectivity index (χ4n) is 1.53. The topological polar surface area (TPSA) is 72.2 Å². The van der Waals surface area contributed by atoms with E-state index in [0.717, 1.165) is 12.1 Å². The monoisotopic (exact) mass is 224 g/mol. The largest absolute Gasteiger partial charge is 0.481 e. The van der Waals surface area contributed by atoms with Crippen molar-refractivity contribution in [1.29, 1.82) is 0 Å². The first-order chi connectivity index (χ1) is 7.54. The summed E-state index contributed by atoms with van der Waals surface area (Å²) in [6.45, 7) is 4.34. The molecule has 0 radical (unpaired) electrons. The van der Waals surface area contributed by atoms with Gasteiger partial charge < -0.3 is 5.11 Å². The molecule has 0 aliphatic heterocycles. The number of aryl methyl sites for hydroxylation is 3. The number of rotatable bonds is 5. The van der Waals surface area contributed by atoms with Crippen LogP contribution in [-0.4, -0.2) is 20.9 Å². The number of nitrogens with zero attached hydrogens (tertiary/aromatic N) is 2. The van der Waals surface area contributed by atoms with Crippen LogP contribution < -0.4 is 5.56 Å². The normalized spacial score (nSPS) is 10.4. The van der Waals surface area contributed by atoms with Crippen molar-refractivity contribution in [3.05, 3.63) is 27.7 Å². The second kappa shape index (κ2) is 5.44. The van der Waals surface area contributed by atoms with Gasteiger partial charge in [-0.2, -0.15) is 5.10 Å². The molecule has 1 aromatic rings. The van der Waals surface area contributed by atoms with Crippen LogP contribution >= 0.6 is 0 Å². The Balaban J connectivity index is 2.99. The summed E-state index contributed by atoms with van der Waals surface area (Å²) in [5, 5.41) is 12.7. The summed E-state index contributed by atoms with van der Waals surface area (Å²) in [6.07, 6.45) is 1.07. The zero-order valence-electron chi connectivity index (χ0n) is 9.56. The third kappa shape index (κ3) is 3.18. The van der Waals surface area contributed by atoms with Gasteiger partial charge in [0, 0.05) is 18.5 Å². The molecule has 1 N–H and O–H groups in total. The minimum Gasteiger partial charge on any atom is -0.481 e. The number of carboxylic acids is 1. The van der Waals surface area contributed by atoms with E-state index < -0.39 is 5.97 Å². The second-order valence-electron chi connectivity index (χ2n) is 3.73. The predicted octanol–water partition coefficient (Wildman–Crippen LogP) is 0.979. The van der Waals surface area contributed by atoms with E-state index in [4.69, 9.17) is 5.11 Å². The average Bonchev–Trinajstić information content (AvgIpc) is 2.21. The predicted molar refractivity (Wildman–Crippen MR) is 59.5 cm³/mol. The number of hydrogen-bond acceptors (Lipinski definition) is 3. The Kier molecular flexibility index (Phi) is 4.22. The molecule has 0 saturated carbocycles. The summed E-state index contributed by atoms with van der Waals surface area (Å²) in [7, 11) is 0. The van der Waals surface area contributed by atoms with Crippen molar-refractivity contribution in [2.75, 3.05) is 0 Å². The molecule has 0 unspecified atom stereocenters. The second-order valence-corrected chi connectivity index (χ2v) is 3.73. The summed E-state index contributed by atoms with van der Waals surface area (Å²) in [4.78, 5) is 22.3. The number of carboxylic acid groups (broad SMARTS) is 1. The van der Waals surface area contributed by atoms with Crippen LogP contribution in [0.3, 0.4) is 0 Å². The van der Waals surface area contributed by atoms with Gasteiger partial charge in [0.25, 0.3) is 5.56 Å². The molecule has 0 saturated heterocycles. The van der Waals surface area contributed by atoms with Crippen molar-refractivity contribution in [3.63, 3.8) is 0 Å². The van der Waals surface area contributed by atoms with Crippen molar-refractivity contribution < 1.29 is 9.90 Å². The maximum absolute atomic E-state index is 11.8. The van der Waals surface area contributed by atoms with Gasteiger partial charge in [0.15, 0.2) is 0 Å². The maximum atomic E-state index is 11.8. The molecule has 1 aromatic heterocycles. The van der Waals surface area contributed by atoms with Gasteiger partial charge in [0.2, 0.25) is 0 Å². The van der Waals surface area contributed by atoms with Gasteiger partial charge in [-0.1, -0.05) is 6.92 Å². The van der Waals surface area contributed by atoms with Crippen LogP contribution in [0.15, 0.2) is 10.9 Å².